The predicted molar refractivity (Wildman–Crippen MR) is 159 cm³/mol. The minimum Gasteiger partial charge on any atom is -0.507 e. The summed E-state index contributed by atoms with van der Waals surface area (Å²) in [6.07, 6.45) is 4.04. The summed E-state index contributed by atoms with van der Waals surface area (Å²) in [5.74, 6) is 0.0482. The lowest BCUT2D eigenvalue weighted by Crippen LogP contribution is -2.21. The number of rotatable bonds is 8. The summed E-state index contributed by atoms with van der Waals surface area (Å²) in [5, 5.41) is 13.6. The number of nitrogens with one attached hydrogen (secondary N) is 1. The number of hydrogen-bond donors (Lipinski definition) is 2. The summed E-state index contributed by atoms with van der Waals surface area (Å²) in [5.41, 5.74) is 4.82. The molecule has 2 N–H and O–H groups in total. The van der Waals surface area contributed by atoms with Crippen molar-refractivity contribution >= 4 is 41.3 Å². The maximum atomic E-state index is 11.9. The van der Waals surface area contributed by atoms with Crippen molar-refractivity contribution in [3.05, 3.63) is 82.7 Å². The summed E-state index contributed by atoms with van der Waals surface area (Å²) in [7, 11) is 0. The molecule has 0 unspecified atom stereocenters. The molecule has 0 saturated carbocycles. The molecule has 200 valence electrons. The topological polar surface area (TPSA) is 79.3 Å². The molecule has 1 heterocycles. The van der Waals surface area contributed by atoms with Crippen molar-refractivity contribution in [3.63, 3.8) is 0 Å². The highest BCUT2D eigenvalue weighted by Gasteiger charge is 2.26. The van der Waals surface area contributed by atoms with Gasteiger partial charge < -0.3 is 10.4 Å². The van der Waals surface area contributed by atoms with E-state index < -0.39 is 11.7 Å². The van der Waals surface area contributed by atoms with E-state index in [-0.39, 0.29) is 17.3 Å². The van der Waals surface area contributed by atoms with E-state index in [0.717, 1.165) is 33.0 Å². The number of thioether (sulfide) groups is 1. The van der Waals surface area contributed by atoms with Crippen LogP contribution in [0.3, 0.4) is 0 Å². The molecule has 0 fully saturated rings. The quantitative estimate of drug-likeness (QED) is 0.230. The summed E-state index contributed by atoms with van der Waals surface area (Å²) >= 11 is 1.71. The van der Waals surface area contributed by atoms with E-state index in [1.165, 1.54) is 0 Å². The largest absolute Gasteiger partial charge is 0.507 e. The molecule has 1 aromatic heterocycles. The first kappa shape index (κ1) is 29.2. The number of benzene rings is 2. The number of hydrogen-bond acceptors (Lipinski definition) is 5. The van der Waals surface area contributed by atoms with Crippen LogP contribution in [0.25, 0.3) is 12.2 Å². The van der Waals surface area contributed by atoms with E-state index in [2.05, 4.69) is 59.0 Å². The molecule has 6 heteroatoms. The van der Waals surface area contributed by atoms with Gasteiger partial charge in [0.1, 0.15) is 5.75 Å². The Hall–Kier alpha value is -3.38. The Balaban J connectivity index is 1.76. The van der Waals surface area contributed by atoms with Crippen LogP contribution in [0.4, 0.5) is 5.69 Å². The predicted octanol–water partition coefficient (Wildman–Crippen LogP) is 7.76. The highest BCUT2D eigenvalue weighted by Crippen LogP contribution is 2.42. The number of Topliss-reactive ketones (excluding diaryl/α,β-unsaturated/α-hetero) is 1. The normalized spacial score (nSPS) is 12.1. The Labute approximate surface area is 230 Å². The molecule has 0 aliphatic carbocycles. The summed E-state index contributed by atoms with van der Waals surface area (Å²) < 4.78 is 0. The molecule has 0 bridgehead atoms. The molecular weight excluding hydrogens is 492 g/mol. The minimum atomic E-state index is -0.599. The first-order valence-corrected chi connectivity index (χ1v) is 13.9. The van der Waals surface area contributed by atoms with Gasteiger partial charge in [-0.25, -0.2) is 0 Å². The van der Waals surface area contributed by atoms with Gasteiger partial charge in [-0.3, -0.25) is 14.6 Å². The Morgan fingerprint density at radius 2 is 1.55 bits per heavy atom. The summed E-state index contributed by atoms with van der Waals surface area (Å²) in [6.45, 7) is 14.4. The molecule has 5 nitrogen and oxygen atoms in total. The average molecular weight is 531 g/mol. The van der Waals surface area contributed by atoms with E-state index in [0.29, 0.717) is 17.2 Å². The van der Waals surface area contributed by atoms with Crippen molar-refractivity contribution in [2.75, 3.05) is 5.32 Å². The number of nitrogens with zero attached hydrogens (tertiary/aromatic N) is 1. The fourth-order valence-corrected chi connectivity index (χ4v) is 4.80. The summed E-state index contributed by atoms with van der Waals surface area (Å²) in [4.78, 5) is 29.4. The zero-order valence-electron chi connectivity index (χ0n) is 23.4. The van der Waals surface area contributed by atoms with Crippen molar-refractivity contribution in [2.24, 2.45) is 0 Å². The molecule has 0 aliphatic rings. The third-order valence-electron chi connectivity index (χ3n) is 6.08. The number of aromatic hydroxyl groups is 1. The van der Waals surface area contributed by atoms with Gasteiger partial charge in [0.05, 0.1) is 11.4 Å². The van der Waals surface area contributed by atoms with Crippen LogP contribution < -0.4 is 5.32 Å². The van der Waals surface area contributed by atoms with Gasteiger partial charge in [0.15, 0.2) is 0 Å². The number of carbonyl (C=O) groups excluding carboxylic acids is 2. The van der Waals surface area contributed by atoms with Gasteiger partial charge in [0.25, 0.3) is 5.91 Å². The molecule has 2 aromatic carbocycles. The highest BCUT2D eigenvalue weighted by atomic mass is 32.2. The monoisotopic (exact) mass is 530 g/mol. The van der Waals surface area contributed by atoms with Crippen LogP contribution in [0, 0.1) is 0 Å². The van der Waals surface area contributed by atoms with Gasteiger partial charge in [-0.05, 0) is 58.9 Å². The van der Waals surface area contributed by atoms with Crippen LogP contribution in [0.1, 0.15) is 83.0 Å². The van der Waals surface area contributed by atoms with Crippen LogP contribution >= 0.6 is 11.8 Å². The lowest BCUT2D eigenvalue weighted by molar-refractivity contribution is -0.134. The Bertz CT molecular complexity index is 1310. The first-order valence-electron chi connectivity index (χ1n) is 12.9. The Morgan fingerprint density at radius 1 is 0.921 bits per heavy atom. The first-order chi connectivity index (χ1) is 17.8. The van der Waals surface area contributed by atoms with Gasteiger partial charge >= 0.3 is 0 Å². The standard InChI is InChI=1S/C32H38N2O3S/c1-8-28(35)30(37)34-23-13-9-11-21(17-23)15-16-22-12-10-14-24(33-22)20-38-25-18-26(31(2,3)4)29(36)27(19-25)32(5,6)7/h9-19,36H,8,20H2,1-7H3,(H,34,37). The second kappa shape index (κ2) is 12.0. The number of phenols is 1. The fraction of sp³-hybridized carbons (Fsp3) is 0.344. The number of phenolic OH excluding ortho intramolecular Hbond substituents is 1. The van der Waals surface area contributed by atoms with Gasteiger partial charge in [0.2, 0.25) is 5.78 Å². The Kier molecular flexibility index (Phi) is 9.21. The van der Waals surface area contributed by atoms with Crippen molar-refractivity contribution in [2.45, 2.75) is 76.4 Å². The van der Waals surface area contributed by atoms with Crippen LogP contribution in [0.15, 0.2) is 59.5 Å². The molecule has 0 spiro atoms. The molecule has 0 atom stereocenters. The van der Waals surface area contributed by atoms with E-state index in [1.54, 1.807) is 24.8 Å². The second-order valence-electron chi connectivity index (χ2n) is 11.4. The number of ketones is 1. The number of anilines is 1. The zero-order valence-corrected chi connectivity index (χ0v) is 24.2. The molecule has 3 rings (SSSR count). The average Bonchev–Trinajstić information content (AvgIpc) is 2.85. The number of pyridine rings is 1. The molecule has 0 aliphatic heterocycles. The van der Waals surface area contributed by atoms with Crippen LogP contribution in [0.2, 0.25) is 0 Å². The molecule has 38 heavy (non-hydrogen) atoms. The van der Waals surface area contributed by atoms with E-state index in [4.69, 9.17) is 4.98 Å². The van der Waals surface area contributed by atoms with E-state index in [9.17, 15) is 14.7 Å². The van der Waals surface area contributed by atoms with Crippen LogP contribution in [0.5, 0.6) is 5.75 Å². The molecular formula is C32H38N2O3S. The molecule has 3 aromatic rings. The maximum absolute atomic E-state index is 11.9. The maximum Gasteiger partial charge on any atom is 0.291 e. The zero-order chi connectivity index (χ0) is 28.1. The summed E-state index contributed by atoms with van der Waals surface area (Å²) in [6, 6.07) is 17.5. The third kappa shape index (κ3) is 7.81. The lowest BCUT2D eigenvalue weighted by atomic mass is 9.79. The number of aromatic nitrogens is 1. The highest BCUT2D eigenvalue weighted by molar-refractivity contribution is 7.98. The van der Waals surface area contributed by atoms with Crippen LogP contribution in [-0.2, 0) is 26.2 Å². The van der Waals surface area contributed by atoms with Crippen molar-refractivity contribution in [1.29, 1.82) is 0 Å². The molecule has 1 amide bonds. The number of amides is 1. The van der Waals surface area contributed by atoms with E-state index >= 15 is 0 Å². The van der Waals surface area contributed by atoms with Gasteiger partial charge in [-0.2, -0.15) is 0 Å². The van der Waals surface area contributed by atoms with Crippen LogP contribution in [-0.4, -0.2) is 21.8 Å². The third-order valence-corrected chi connectivity index (χ3v) is 7.09. The number of carbonyl (C=O) groups is 2. The van der Waals surface area contributed by atoms with Crippen molar-refractivity contribution in [3.8, 4) is 5.75 Å². The Morgan fingerprint density at radius 3 is 2.16 bits per heavy atom. The molecule has 0 radical (unpaired) electrons. The molecule has 0 saturated heterocycles. The van der Waals surface area contributed by atoms with Gasteiger partial charge in [0, 0.05) is 33.9 Å². The van der Waals surface area contributed by atoms with E-state index in [1.807, 2.05) is 48.6 Å². The lowest BCUT2D eigenvalue weighted by Gasteiger charge is -2.28. The van der Waals surface area contributed by atoms with Gasteiger partial charge in [-0.1, -0.05) is 72.7 Å². The SMILES string of the molecule is CCC(=O)C(=O)Nc1cccc(C=Cc2cccc(CSc3cc(C(C)(C)C)c(O)c(C(C)(C)C)c3)n2)c1. The second-order valence-corrected chi connectivity index (χ2v) is 12.4. The van der Waals surface area contributed by atoms with Crippen molar-refractivity contribution < 1.29 is 14.7 Å². The van der Waals surface area contributed by atoms with Gasteiger partial charge in [-0.15, -0.1) is 11.8 Å². The van der Waals surface area contributed by atoms with Crippen molar-refractivity contribution in [1.82, 2.24) is 4.98 Å². The fourth-order valence-electron chi connectivity index (χ4n) is 3.93. The smallest absolute Gasteiger partial charge is 0.291 e. The minimum absolute atomic E-state index is 0.171.